The number of carbonyl (C=O) groups is 1. The van der Waals surface area contributed by atoms with Crippen LogP contribution in [0.2, 0.25) is 5.02 Å². The van der Waals surface area contributed by atoms with Crippen LogP contribution in [0.1, 0.15) is 55.2 Å². The molecule has 6 nitrogen and oxygen atoms in total. The van der Waals surface area contributed by atoms with Gasteiger partial charge in [0.2, 0.25) is 0 Å². The first-order valence-corrected chi connectivity index (χ1v) is 12.3. The van der Waals surface area contributed by atoms with Gasteiger partial charge in [-0.2, -0.15) is 0 Å². The average molecular weight is 492 g/mol. The summed E-state index contributed by atoms with van der Waals surface area (Å²) >= 11 is 7.34. The molecule has 0 radical (unpaired) electrons. The summed E-state index contributed by atoms with van der Waals surface area (Å²) in [5.74, 6) is -0.230. The van der Waals surface area contributed by atoms with E-state index in [1.54, 1.807) is 18.2 Å². The molecular weight excluding hydrogens is 465 g/mol. The quantitative estimate of drug-likeness (QED) is 0.551. The third kappa shape index (κ3) is 5.80. The number of carbonyl (C=O) groups excluding carboxylic acids is 1. The molecule has 1 aromatic heterocycles. The van der Waals surface area contributed by atoms with Gasteiger partial charge in [0.25, 0.3) is 5.91 Å². The number of thioether (sulfide) groups is 1. The molecule has 0 aliphatic carbocycles. The summed E-state index contributed by atoms with van der Waals surface area (Å²) in [6.45, 7) is 4.95. The van der Waals surface area contributed by atoms with Crippen molar-refractivity contribution in [1.82, 2.24) is 15.2 Å². The van der Waals surface area contributed by atoms with Crippen LogP contribution in [-0.4, -0.2) is 40.6 Å². The van der Waals surface area contributed by atoms with Gasteiger partial charge in [0, 0.05) is 23.9 Å². The molecule has 4 rings (SSSR count). The molecule has 3 unspecified atom stereocenters. The van der Waals surface area contributed by atoms with Crippen molar-refractivity contribution in [2.75, 3.05) is 13.2 Å². The van der Waals surface area contributed by atoms with Crippen LogP contribution in [0.5, 0.6) is 5.75 Å². The summed E-state index contributed by atoms with van der Waals surface area (Å²) in [6, 6.07) is 8.01. The second-order valence-corrected chi connectivity index (χ2v) is 9.89. The minimum Gasteiger partial charge on any atom is -0.490 e. The van der Waals surface area contributed by atoms with Crippen molar-refractivity contribution in [3.05, 3.63) is 69.7 Å². The van der Waals surface area contributed by atoms with Gasteiger partial charge in [0.05, 0.1) is 28.4 Å². The molecule has 0 saturated carbocycles. The highest BCUT2D eigenvalue weighted by molar-refractivity contribution is 8.03. The van der Waals surface area contributed by atoms with Crippen LogP contribution in [0, 0.1) is 5.82 Å². The Morgan fingerprint density at radius 2 is 2.24 bits per heavy atom. The van der Waals surface area contributed by atoms with Crippen LogP contribution in [0.15, 0.2) is 47.6 Å². The van der Waals surface area contributed by atoms with Crippen LogP contribution in [0.3, 0.4) is 0 Å². The fraction of sp³-hybridized carbons (Fsp3) is 0.417. The Hall–Kier alpha value is -2.29. The van der Waals surface area contributed by atoms with Crippen molar-refractivity contribution in [3.8, 4) is 5.75 Å². The molecule has 1 saturated heterocycles. The van der Waals surface area contributed by atoms with Crippen LogP contribution in [0.4, 0.5) is 4.39 Å². The Kier molecular flexibility index (Phi) is 7.78. The maximum absolute atomic E-state index is 14.5. The van der Waals surface area contributed by atoms with Gasteiger partial charge in [-0.25, -0.2) is 4.39 Å². The number of rotatable bonds is 7. The van der Waals surface area contributed by atoms with E-state index in [0.29, 0.717) is 17.9 Å². The zero-order valence-corrected chi connectivity index (χ0v) is 20.2. The van der Waals surface area contributed by atoms with Gasteiger partial charge in [0.15, 0.2) is 5.50 Å². The first kappa shape index (κ1) is 23.9. The van der Waals surface area contributed by atoms with Crippen molar-refractivity contribution in [2.24, 2.45) is 0 Å². The van der Waals surface area contributed by atoms with Gasteiger partial charge < -0.3 is 19.7 Å². The molecule has 176 valence electrons. The number of hydrogen-bond donors (Lipinski definition) is 1. The van der Waals surface area contributed by atoms with Crippen molar-refractivity contribution < 1.29 is 18.7 Å². The van der Waals surface area contributed by atoms with Gasteiger partial charge in [-0.15, -0.1) is 0 Å². The minimum absolute atomic E-state index is 0.0465. The Balaban J connectivity index is 1.46. The Morgan fingerprint density at radius 3 is 3.00 bits per heavy atom. The second kappa shape index (κ2) is 10.8. The minimum atomic E-state index is -0.480. The van der Waals surface area contributed by atoms with E-state index in [1.807, 2.05) is 31.0 Å². The third-order valence-electron chi connectivity index (χ3n) is 5.66. The molecular formula is C24H27ClFN3O3S. The van der Waals surface area contributed by atoms with E-state index in [2.05, 4.69) is 10.3 Å². The number of para-hydroxylation sites is 1. The van der Waals surface area contributed by atoms with E-state index in [9.17, 15) is 9.18 Å². The number of benzene rings is 1. The predicted molar refractivity (Wildman–Crippen MR) is 128 cm³/mol. The smallest absolute Gasteiger partial charge is 0.257 e. The van der Waals surface area contributed by atoms with E-state index in [0.717, 1.165) is 30.8 Å². The summed E-state index contributed by atoms with van der Waals surface area (Å²) in [5.41, 5.74) is 0.294. The number of nitrogens with one attached hydrogen (secondary N) is 1. The predicted octanol–water partition coefficient (Wildman–Crippen LogP) is 5.51. The number of aromatic nitrogens is 1. The van der Waals surface area contributed by atoms with Crippen molar-refractivity contribution in [2.45, 2.75) is 50.8 Å². The highest BCUT2D eigenvalue weighted by atomic mass is 35.5. The lowest BCUT2D eigenvalue weighted by molar-refractivity contribution is -0.0112. The zero-order chi connectivity index (χ0) is 23.4. The average Bonchev–Trinajstić information content (AvgIpc) is 3.18. The molecule has 1 amide bonds. The molecule has 0 spiro atoms. The normalized spacial score (nSPS) is 21.5. The Morgan fingerprint density at radius 1 is 1.42 bits per heavy atom. The first-order chi connectivity index (χ1) is 15.9. The standard InChI is InChI=1S/C24H27ClFN3O3S/c1-15-13-29(16(2)22-20(26)11-17(25)12-27-22)24(33-15)28-23(30)19-8-3-4-9-21(19)32-14-18-7-5-6-10-31-18/h3-4,8-9,11-13,16,18,24H,5-7,10,14H2,1-2H3,(H,28,30). The number of allylic oxidation sites excluding steroid dienone is 1. The number of pyridine rings is 1. The maximum atomic E-state index is 14.5. The molecule has 33 heavy (non-hydrogen) atoms. The van der Waals surface area contributed by atoms with E-state index in [1.165, 1.54) is 24.0 Å². The number of amides is 1. The van der Waals surface area contributed by atoms with Crippen LogP contribution < -0.4 is 10.1 Å². The largest absolute Gasteiger partial charge is 0.490 e. The van der Waals surface area contributed by atoms with Gasteiger partial charge in [0.1, 0.15) is 18.2 Å². The van der Waals surface area contributed by atoms with Crippen LogP contribution >= 0.6 is 23.4 Å². The second-order valence-electron chi connectivity index (χ2n) is 8.12. The van der Waals surface area contributed by atoms with E-state index in [4.69, 9.17) is 21.1 Å². The summed E-state index contributed by atoms with van der Waals surface area (Å²) in [4.78, 5) is 20.3. The number of ether oxygens (including phenoxy) is 2. The topological polar surface area (TPSA) is 63.7 Å². The van der Waals surface area contributed by atoms with Gasteiger partial charge in [-0.1, -0.05) is 35.5 Å². The lowest BCUT2D eigenvalue weighted by Crippen LogP contribution is -2.43. The fourth-order valence-electron chi connectivity index (χ4n) is 3.93. The van der Waals surface area contributed by atoms with E-state index in [-0.39, 0.29) is 22.7 Å². The first-order valence-electron chi connectivity index (χ1n) is 11.0. The number of halogens is 2. The van der Waals surface area contributed by atoms with Crippen LogP contribution in [0.25, 0.3) is 0 Å². The highest BCUT2D eigenvalue weighted by Crippen LogP contribution is 2.37. The Labute approximate surface area is 202 Å². The zero-order valence-electron chi connectivity index (χ0n) is 18.6. The monoisotopic (exact) mass is 491 g/mol. The molecule has 0 bridgehead atoms. The molecule has 1 N–H and O–H groups in total. The maximum Gasteiger partial charge on any atom is 0.257 e. The fourth-order valence-corrected chi connectivity index (χ4v) is 5.14. The molecule has 2 aliphatic heterocycles. The molecule has 3 heterocycles. The summed E-state index contributed by atoms with van der Waals surface area (Å²) in [7, 11) is 0. The number of hydrogen-bond acceptors (Lipinski definition) is 6. The lowest BCUT2D eigenvalue weighted by atomic mass is 10.1. The van der Waals surface area contributed by atoms with Crippen molar-refractivity contribution in [1.29, 1.82) is 0 Å². The molecule has 2 aliphatic rings. The van der Waals surface area contributed by atoms with Gasteiger partial charge in [-0.05, 0) is 51.3 Å². The number of nitrogens with zero attached hydrogens (tertiary/aromatic N) is 2. The van der Waals surface area contributed by atoms with Gasteiger partial charge in [-0.3, -0.25) is 9.78 Å². The van der Waals surface area contributed by atoms with E-state index >= 15 is 0 Å². The van der Waals surface area contributed by atoms with Gasteiger partial charge >= 0.3 is 0 Å². The lowest BCUT2D eigenvalue weighted by Gasteiger charge is -2.31. The molecule has 3 atom stereocenters. The molecule has 1 aromatic carbocycles. The summed E-state index contributed by atoms with van der Waals surface area (Å²) < 4.78 is 26.2. The molecule has 2 aromatic rings. The van der Waals surface area contributed by atoms with Crippen molar-refractivity contribution in [3.63, 3.8) is 0 Å². The summed E-state index contributed by atoms with van der Waals surface area (Å²) in [5, 5.41) is 3.29. The molecule has 1 fully saturated rings. The van der Waals surface area contributed by atoms with Crippen molar-refractivity contribution >= 4 is 29.3 Å². The van der Waals surface area contributed by atoms with E-state index < -0.39 is 17.4 Å². The van der Waals surface area contributed by atoms with Crippen LogP contribution in [-0.2, 0) is 4.74 Å². The Bertz CT molecular complexity index is 1030. The molecule has 9 heteroatoms. The SMILES string of the molecule is CC1=CN(C(C)c2ncc(Cl)cc2F)C(NC(=O)c2ccccc2OCC2CCCCO2)S1. The summed E-state index contributed by atoms with van der Waals surface area (Å²) in [6.07, 6.45) is 6.53. The highest BCUT2D eigenvalue weighted by Gasteiger charge is 2.32. The third-order valence-corrected chi connectivity index (χ3v) is 6.93.